The Kier molecular flexibility index (Phi) is 2.01. The molecular formula is C9H11FN2O. The first-order chi connectivity index (χ1) is 6.20. The summed E-state index contributed by atoms with van der Waals surface area (Å²) in [6.07, 6.45) is 3.06. The number of hydrogen-bond acceptors (Lipinski definition) is 3. The smallest absolute Gasteiger partial charge is 0.144 e. The van der Waals surface area contributed by atoms with Crippen molar-refractivity contribution in [2.75, 3.05) is 13.1 Å². The lowest BCUT2D eigenvalue weighted by Crippen LogP contribution is -2.60. The topological polar surface area (TPSA) is 45.2 Å². The van der Waals surface area contributed by atoms with Crippen molar-refractivity contribution < 1.29 is 9.50 Å². The lowest BCUT2D eigenvalue weighted by molar-refractivity contribution is -0.00969. The summed E-state index contributed by atoms with van der Waals surface area (Å²) in [7, 11) is 0. The minimum absolute atomic E-state index is 0.345. The Balaban J connectivity index is 2.13. The number of aliphatic hydroxyl groups is 1. The highest BCUT2D eigenvalue weighted by Gasteiger charge is 2.34. The second-order valence-corrected chi connectivity index (χ2v) is 3.47. The molecule has 0 spiro atoms. The van der Waals surface area contributed by atoms with E-state index < -0.39 is 5.60 Å². The summed E-state index contributed by atoms with van der Waals surface area (Å²) in [5.41, 5.74) is -0.235. The monoisotopic (exact) mass is 182 g/mol. The quantitative estimate of drug-likeness (QED) is 0.681. The van der Waals surface area contributed by atoms with Gasteiger partial charge in [0.15, 0.2) is 0 Å². The van der Waals surface area contributed by atoms with Crippen LogP contribution in [-0.2, 0) is 6.42 Å². The summed E-state index contributed by atoms with van der Waals surface area (Å²) in [4.78, 5) is 3.65. The predicted octanol–water partition coefficient (Wildman–Crippen LogP) is 0.0975. The molecule has 1 aromatic heterocycles. The van der Waals surface area contributed by atoms with Crippen LogP contribution in [0.1, 0.15) is 5.56 Å². The molecule has 0 aliphatic carbocycles. The Morgan fingerprint density at radius 3 is 2.92 bits per heavy atom. The van der Waals surface area contributed by atoms with Crippen LogP contribution in [0.5, 0.6) is 0 Å². The average Bonchev–Trinajstić information content (AvgIpc) is 2.06. The molecule has 2 heterocycles. The third kappa shape index (κ3) is 1.68. The Morgan fingerprint density at radius 2 is 2.38 bits per heavy atom. The van der Waals surface area contributed by atoms with Gasteiger partial charge in [0.1, 0.15) is 5.82 Å². The molecule has 0 atom stereocenters. The van der Waals surface area contributed by atoms with Gasteiger partial charge < -0.3 is 10.4 Å². The van der Waals surface area contributed by atoms with Crippen LogP contribution in [-0.4, -0.2) is 28.8 Å². The number of nitrogens with zero attached hydrogens (tertiary/aromatic N) is 1. The summed E-state index contributed by atoms with van der Waals surface area (Å²) in [6, 6.07) is 1.60. The molecule has 0 unspecified atom stereocenters. The Bertz CT molecular complexity index is 312. The fraction of sp³-hybridized carbons (Fsp3) is 0.444. The summed E-state index contributed by atoms with van der Waals surface area (Å²) >= 11 is 0. The number of halogens is 1. The van der Waals surface area contributed by atoms with Crippen LogP contribution in [0.2, 0.25) is 0 Å². The van der Waals surface area contributed by atoms with Gasteiger partial charge in [-0.3, -0.25) is 4.98 Å². The molecule has 70 valence electrons. The van der Waals surface area contributed by atoms with Crippen LogP contribution < -0.4 is 5.32 Å². The number of nitrogens with one attached hydrogen (secondary N) is 1. The zero-order valence-corrected chi connectivity index (χ0v) is 7.13. The van der Waals surface area contributed by atoms with Gasteiger partial charge in [-0.2, -0.15) is 0 Å². The van der Waals surface area contributed by atoms with Crippen molar-refractivity contribution in [2.45, 2.75) is 12.0 Å². The molecule has 13 heavy (non-hydrogen) atoms. The molecule has 4 heteroatoms. The van der Waals surface area contributed by atoms with E-state index in [-0.39, 0.29) is 5.82 Å². The highest BCUT2D eigenvalue weighted by Crippen LogP contribution is 2.18. The lowest BCUT2D eigenvalue weighted by atomic mass is 9.89. The van der Waals surface area contributed by atoms with E-state index in [0.29, 0.717) is 25.1 Å². The molecule has 0 radical (unpaired) electrons. The van der Waals surface area contributed by atoms with Crippen LogP contribution in [0.3, 0.4) is 0 Å². The van der Waals surface area contributed by atoms with Crippen molar-refractivity contribution in [1.82, 2.24) is 10.3 Å². The molecule has 1 saturated heterocycles. The first kappa shape index (κ1) is 8.59. The van der Waals surface area contributed by atoms with E-state index in [1.165, 1.54) is 12.4 Å². The molecular weight excluding hydrogens is 171 g/mol. The largest absolute Gasteiger partial charge is 0.387 e. The van der Waals surface area contributed by atoms with E-state index in [1.54, 1.807) is 6.07 Å². The average molecular weight is 182 g/mol. The molecule has 0 saturated carbocycles. The minimum Gasteiger partial charge on any atom is -0.387 e. The van der Waals surface area contributed by atoms with Crippen LogP contribution in [0, 0.1) is 5.82 Å². The van der Waals surface area contributed by atoms with Crippen molar-refractivity contribution in [3.05, 3.63) is 29.8 Å². The summed E-state index contributed by atoms with van der Waals surface area (Å²) in [6.45, 7) is 1.07. The Hall–Kier alpha value is -1.00. The maximum atomic E-state index is 13.1. The number of pyridine rings is 1. The zero-order valence-electron chi connectivity index (χ0n) is 7.13. The van der Waals surface area contributed by atoms with Gasteiger partial charge >= 0.3 is 0 Å². The predicted molar refractivity (Wildman–Crippen MR) is 45.7 cm³/mol. The summed E-state index contributed by atoms with van der Waals surface area (Å²) in [5, 5.41) is 12.7. The van der Waals surface area contributed by atoms with Crippen molar-refractivity contribution in [1.29, 1.82) is 0 Å². The lowest BCUT2D eigenvalue weighted by Gasteiger charge is -2.37. The van der Waals surface area contributed by atoms with Gasteiger partial charge in [0.25, 0.3) is 0 Å². The van der Waals surface area contributed by atoms with E-state index in [9.17, 15) is 9.50 Å². The van der Waals surface area contributed by atoms with E-state index in [4.69, 9.17) is 0 Å². The van der Waals surface area contributed by atoms with Gasteiger partial charge in [-0.1, -0.05) is 0 Å². The van der Waals surface area contributed by atoms with Gasteiger partial charge in [0.2, 0.25) is 0 Å². The molecule has 2 rings (SSSR count). The van der Waals surface area contributed by atoms with Gasteiger partial charge in [0, 0.05) is 25.7 Å². The first-order valence-corrected chi connectivity index (χ1v) is 4.21. The second kappa shape index (κ2) is 3.05. The van der Waals surface area contributed by atoms with Crippen molar-refractivity contribution in [3.63, 3.8) is 0 Å². The van der Waals surface area contributed by atoms with E-state index in [0.717, 1.165) is 0 Å². The third-order valence-corrected chi connectivity index (χ3v) is 2.28. The highest BCUT2D eigenvalue weighted by molar-refractivity contribution is 5.17. The molecule has 1 fully saturated rings. The van der Waals surface area contributed by atoms with Gasteiger partial charge in [-0.25, -0.2) is 4.39 Å². The van der Waals surface area contributed by atoms with Crippen LogP contribution >= 0.6 is 0 Å². The van der Waals surface area contributed by atoms with Gasteiger partial charge in [-0.05, 0) is 11.6 Å². The van der Waals surface area contributed by atoms with Crippen LogP contribution in [0.25, 0.3) is 0 Å². The molecule has 1 aromatic rings. The fourth-order valence-corrected chi connectivity index (χ4v) is 1.44. The van der Waals surface area contributed by atoms with Crippen molar-refractivity contribution in [3.8, 4) is 0 Å². The molecule has 0 aromatic carbocycles. The van der Waals surface area contributed by atoms with Crippen molar-refractivity contribution >= 4 is 0 Å². The zero-order chi connectivity index (χ0) is 9.31. The second-order valence-electron chi connectivity index (χ2n) is 3.47. The number of hydrogen-bond donors (Lipinski definition) is 2. The summed E-state index contributed by atoms with van der Waals surface area (Å²) in [5.74, 6) is -0.345. The Labute approximate surface area is 75.6 Å². The number of aromatic nitrogens is 1. The maximum Gasteiger partial charge on any atom is 0.144 e. The normalized spacial score (nSPS) is 19.5. The van der Waals surface area contributed by atoms with Crippen molar-refractivity contribution in [2.24, 2.45) is 0 Å². The SMILES string of the molecule is OC1(Cc2ccncc2F)CNC1. The fourth-order valence-electron chi connectivity index (χ4n) is 1.44. The molecule has 0 bridgehead atoms. The van der Waals surface area contributed by atoms with E-state index >= 15 is 0 Å². The van der Waals surface area contributed by atoms with Crippen LogP contribution in [0.15, 0.2) is 18.5 Å². The number of β-amino-alcohol motifs (C(OH)–C–C–N with tert-alkyl or cyclic N) is 1. The molecule has 0 amide bonds. The van der Waals surface area contributed by atoms with Gasteiger partial charge in [-0.15, -0.1) is 0 Å². The van der Waals surface area contributed by atoms with Crippen LogP contribution in [0.4, 0.5) is 4.39 Å². The molecule has 1 aliphatic heterocycles. The molecule has 1 aliphatic rings. The first-order valence-electron chi connectivity index (χ1n) is 4.21. The number of rotatable bonds is 2. The van der Waals surface area contributed by atoms with E-state index in [1.807, 2.05) is 0 Å². The highest BCUT2D eigenvalue weighted by atomic mass is 19.1. The summed E-state index contributed by atoms with van der Waals surface area (Å²) < 4.78 is 13.1. The van der Waals surface area contributed by atoms with E-state index in [2.05, 4.69) is 10.3 Å². The maximum absolute atomic E-state index is 13.1. The van der Waals surface area contributed by atoms with Gasteiger partial charge in [0.05, 0.1) is 11.8 Å². The standard InChI is InChI=1S/C9H11FN2O/c10-8-4-11-2-1-7(8)3-9(13)5-12-6-9/h1-2,4,12-13H,3,5-6H2. The Morgan fingerprint density at radius 1 is 1.62 bits per heavy atom. The molecule has 3 nitrogen and oxygen atoms in total. The molecule has 2 N–H and O–H groups in total. The minimum atomic E-state index is -0.762. The third-order valence-electron chi connectivity index (χ3n) is 2.28.